The summed E-state index contributed by atoms with van der Waals surface area (Å²) in [6, 6.07) is 6.01. The molecule has 0 spiro atoms. The van der Waals surface area contributed by atoms with E-state index in [1.165, 1.54) is 5.56 Å². The topological polar surface area (TPSA) is 47.7 Å². The van der Waals surface area contributed by atoms with Crippen LogP contribution in [0.2, 0.25) is 0 Å². The normalized spacial score (nSPS) is 23.6. The second-order valence-corrected chi connectivity index (χ2v) is 5.79. The lowest BCUT2D eigenvalue weighted by Gasteiger charge is -2.35. The monoisotopic (exact) mass is 294 g/mol. The van der Waals surface area contributed by atoms with Gasteiger partial charge in [-0.3, -0.25) is 4.90 Å². The number of thiocarbonyl (C=S) groups is 1. The second kappa shape index (κ2) is 6.52. The number of nitrogens with two attached hydrogens (primary N) is 1. The smallest absolute Gasteiger partial charge is 0.129 e. The first-order valence-corrected chi connectivity index (χ1v) is 7.25. The van der Waals surface area contributed by atoms with E-state index in [9.17, 15) is 0 Å². The Balaban J connectivity index is 2.13. The van der Waals surface area contributed by atoms with Crippen LogP contribution in [0.1, 0.15) is 25.0 Å². The van der Waals surface area contributed by atoms with Gasteiger partial charge in [0.05, 0.1) is 24.9 Å². The van der Waals surface area contributed by atoms with Gasteiger partial charge in [-0.1, -0.05) is 18.3 Å². The molecule has 2 unspecified atom stereocenters. The predicted octanol–water partition coefficient (Wildman–Crippen LogP) is 1.94. The third kappa shape index (κ3) is 3.69. The molecule has 2 rings (SSSR count). The molecule has 0 amide bonds. The molecule has 5 heteroatoms. The van der Waals surface area contributed by atoms with E-state index < -0.39 is 0 Å². The first-order valence-electron chi connectivity index (χ1n) is 6.84. The molecule has 1 fully saturated rings. The number of hydrogen-bond acceptors (Lipinski definition) is 4. The van der Waals surface area contributed by atoms with Gasteiger partial charge in [0.1, 0.15) is 10.7 Å². The molecule has 110 valence electrons. The highest BCUT2D eigenvalue weighted by atomic mass is 32.1. The summed E-state index contributed by atoms with van der Waals surface area (Å²) in [5, 5.41) is 0. The van der Waals surface area contributed by atoms with Crippen LogP contribution in [0, 0.1) is 0 Å². The minimum absolute atomic E-state index is 0.270. The van der Waals surface area contributed by atoms with Gasteiger partial charge in [0, 0.05) is 19.6 Å². The summed E-state index contributed by atoms with van der Waals surface area (Å²) in [5.41, 5.74) is 7.74. The molecule has 0 saturated carbocycles. The van der Waals surface area contributed by atoms with Crippen molar-refractivity contribution in [3.05, 3.63) is 29.3 Å². The van der Waals surface area contributed by atoms with Crippen molar-refractivity contribution in [3.63, 3.8) is 0 Å². The van der Waals surface area contributed by atoms with Gasteiger partial charge in [0.15, 0.2) is 0 Å². The Morgan fingerprint density at radius 1 is 1.40 bits per heavy atom. The Labute approximate surface area is 125 Å². The Morgan fingerprint density at radius 3 is 2.60 bits per heavy atom. The fourth-order valence-electron chi connectivity index (χ4n) is 2.72. The molecule has 2 atom stereocenters. The highest BCUT2D eigenvalue weighted by Gasteiger charge is 2.22. The molecular weight excluding hydrogens is 272 g/mol. The number of benzene rings is 1. The summed E-state index contributed by atoms with van der Waals surface area (Å²) in [5.74, 6) is 0.727. The van der Waals surface area contributed by atoms with Gasteiger partial charge in [-0.25, -0.2) is 0 Å². The zero-order chi connectivity index (χ0) is 14.7. The summed E-state index contributed by atoms with van der Waals surface area (Å²) >= 11 is 5.08. The molecule has 20 heavy (non-hydrogen) atoms. The fraction of sp³-hybridized carbons (Fsp3) is 0.533. The Hall–Kier alpha value is -1.17. The van der Waals surface area contributed by atoms with E-state index in [4.69, 9.17) is 27.4 Å². The SMILES string of the molecule is COc1ccc(CN2CC(C)OC(C)C2)cc1C(N)=S. The van der Waals surface area contributed by atoms with Crippen molar-refractivity contribution in [2.45, 2.75) is 32.6 Å². The molecule has 1 saturated heterocycles. The number of methoxy groups -OCH3 is 1. The number of nitrogens with zero attached hydrogens (tertiary/aromatic N) is 1. The molecule has 4 nitrogen and oxygen atoms in total. The zero-order valence-electron chi connectivity index (χ0n) is 12.3. The second-order valence-electron chi connectivity index (χ2n) is 5.35. The molecule has 0 bridgehead atoms. The Kier molecular flexibility index (Phi) is 4.96. The molecule has 1 aliphatic heterocycles. The molecule has 2 N–H and O–H groups in total. The van der Waals surface area contributed by atoms with Gasteiger partial charge < -0.3 is 15.2 Å². The maximum absolute atomic E-state index is 5.75. The summed E-state index contributed by atoms with van der Waals surface area (Å²) in [6.45, 7) is 6.98. The lowest BCUT2D eigenvalue weighted by Crippen LogP contribution is -2.44. The molecule has 1 aromatic carbocycles. The van der Waals surface area contributed by atoms with Crippen LogP contribution in [0.5, 0.6) is 5.75 Å². The van der Waals surface area contributed by atoms with Crippen molar-refractivity contribution < 1.29 is 9.47 Å². The number of morpholine rings is 1. The average molecular weight is 294 g/mol. The highest BCUT2D eigenvalue weighted by molar-refractivity contribution is 7.80. The van der Waals surface area contributed by atoms with E-state index >= 15 is 0 Å². The quantitative estimate of drug-likeness (QED) is 0.860. The summed E-state index contributed by atoms with van der Waals surface area (Å²) in [4.78, 5) is 2.76. The van der Waals surface area contributed by atoms with Crippen molar-refractivity contribution in [3.8, 4) is 5.75 Å². The molecule has 0 aliphatic carbocycles. The van der Waals surface area contributed by atoms with Crippen LogP contribution in [-0.2, 0) is 11.3 Å². The third-order valence-electron chi connectivity index (χ3n) is 3.43. The Morgan fingerprint density at radius 2 is 2.05 bits per heavy atom. The minimum Gasteiger partial charge on any atom is -0.496 e. The van der Waals surface area contributed by atoms with Crippen LogP contribution in [-0.4, -0.2) is 42.3 Å². The zero-order valence-corrected chi connectivity index (χ0v) is 13.1. The van der Waals surface area contributed by atoms with Crippen LogP contribution < -0.4 is 10.5 Å². The maximum Gasteiger partial charge on any atom is 0.129 e. The van der Waals surface area contributed by atoms with Crippen molar-refractivity contribution >= 4 is 17.2 Å². The van der Waals surface area contributed by atoms with E-state index in [-0.39, 0.29) is 12.2 Å². The molecular formula is C15H22N2O2S. The van der Waals surface area contributed by atoms with Gasteiger partial charge in [0.2, 0.25) is 0 Å². The van der Waals surface area contributed by atoms with Crippen molar-refractivity contribution in [1.29, 1.82) is 0 Å². The van der Waals surface area contributed by atoms with Crippen molar-refractivity contribution in [2.75, 3.05) is 20.2 Å². The molecule has 1 heterocycles. The Bertz CT molecular complexity index is 483. The van der Waals surface area contributed by atoms with Crippen LogP contribution in [0.3, 0.4) is 0 Å². The lowest BCUT2D eigenvalue weighted by atomic mass is 10.1. The third-order valence-corrected chi connectivity index (χ3v) is 3.65. The van der Waals surface area contributed by atoms with E-state index in [1.54, 1.807) is 7.11 Å². The number of rotatable bonds is 4. The highest BCUT2D eigenvalue weighted by Crippen LogP contribution is 2.22. The van der Waals surface area contributed by atoms with Crippen molar-refractivity contribution in [2.24, 2.45) is 5.73 Å². The van der Waals surface area contributed by atoms with E-state index in [1.807, 2.05) is 12.1 Å². The minimum atomic E-state index is 0.270. The summed E-state index contributed by atoms with van der Waals surface area (Å²) < 4.78 is 11.0. The van der Waals surface area contributed by atoms with Crippen molar-refractivity contribution in [1.82, 2.24) is 4.90 Å². The lowest BCUT2D eigenvalue weighted by molar-refractivity contribution is -0.0704. The molecule has 0 aromatic heterocycles. The van der Waals surface area contributed by atoms with Gasteiger partial charge in [-0.2, -0.15) is 0 Å². The van der Waals surface area contributed by atoms with E-state index in [2.05, 4.69) is 24.8 Å². The first kappa shape index (κ1) is 15.2. The summed E-state index contributed by atoms with van der Waals surface area (Å²) in [6.07, 6.45) is 0.541. The van der Waals surface area contributed by atoms with Gasteiger partial charge in [-0.05, 0) is 31.5 Å². The van der Waals surface area contributed by atoms with Crippen LogP contribution >= 0.6 is 12.2 Å². The molecule has 1 aliphatic rings. The fourth-order valence-corrected chi connectivity index (χ4v) is 2.88. The number of ether oxygens (including phenoxy) is 2. The largest absolute Gasteiger partial charge is 0.496 e. The van der Waals surface area contributed by atoms with E-state index in [0.717, 1.165) is 30.9 Å². The van der Waals surface area contributed by atoms with E-state index in [0.29, 0.717) is 4.99 Å². The van der Waals surface area contributed by atoms with Gasteiger partial charge in [-0.15, -0.1) is 0 Å². The molecule has 0 radical (unpaired) electrons. The van der Waals surface area contributed by atoms with Crippen LogP contribution in [0.25, 0.3) is 0 Å². The van der Waals surface area contributed by atoms with Gasteiger partial charge in [0.25, 0.3) is 0 Å². The number of hydrogen-bond donors (Lipinski definition) is 1. The first-order chi connectivity index (χ1) is 9.49. The average Bonchev–Trinajstić information content (AvgIpc) is 2.37. The van der Waals surface area contributed by atoms with Crippen LogP contribution in [0.15, 0.2) is 18.2 Å². The standard InChI is InChI=1S/C15H22N2O2S/c1-10-7-17(8-11(2)19-10)9-12-4-5-14(18-3)13(6-12)15(16)20/h4-6,10-11H,7-9H2,1-3H3,(H2,16,20). The summed E-state index contributed by atoms with van der Waals surface area (Å²) in [7, 11) is 1.63. The maximum atomic E-state index is 5.75. The molecule has 1 aromatic rings. The van der Waals surface area contributed by atoms with Crippen LogP contribution in [0.4, 0.5) is 0 Å². The van der Waals surface area contributed by atoms with Gasteiger partial charge >= 0.3 is 0 Å². The predicted molar refractivity (Wildman–Crippen MR) is 84.2 cm³/mol.